The molecule has 40 heavy (non-hydrogen) atoms. The van der Waals surface area contributed by atoms with E-state index in [1.807, 2.05) is 31.2 Å². The van der Waals surface area contributed by atoms with Crippen LogP contribution in [0.4, 0.5) is 5.69 Å². The maximum atomic E-state index is 13.7. The number of anilines is 1. The Bertz CT molecular complexity index is 1510. The van der Waals surface area contributed by atoms with Crippen molar-refractivity contribution in [3.8, 4) is 11.5 Å². The minimum atomic E-state index is -3.87. The lowest BCUT2D eigenvalue weighted by Crippen LogP contribution is -2.31. The Labute approximate surface area is 240 Å². The summed E-state index contributed by atoms with van der Waals surface area (Å²) in [7, 11) is -2.25. The second-order valence-corrected chi connectivity index (χ2v) is 11.5. The first-order valence-electron chi connectivity index (χ1n) is 12.7. The predicted octanol–water partition coefficient (Wildman–Crippen LogP) is 5.79. The number of hydrogen-bond donors (Lipinski definition) is 1. The number of ether oxygens (including phenoxy) is 2. The maximum absolute atomic E-state index is 13.7. The Balaban J connectivity index is 1.40. The lowest BCUT2D eigenvalue weighted by Gasteiger charge is -2.25. The van der Waals surface area contributed by atoms with Crippen molar-refractivity contribution in [2.24, 2.45) is 0 Å². The van der Waals surface area contributed by atoms with Crippen LogP contribution in [-0.4, -0.2) is 34.6 Å². The molecule has 0 saturated heterocycles. The van der Waals surface area contributed by atoms with Crippen LogP contribution >= 0.6 is 11.6 Å². The molecule has 0 heterocycles. The summed E-state index contributed by atoms with van der Waals surface area (Å²) in [5.74, 6) is 0.991. The lowest BCUT2D eigenvalue weighted by molar-refractivity contribution is -0.123. The standard InChI is InChI=1S/C31H31ClN2O5S/c1-23-3-17-30(18-4-23)40(36,37)34(21-25-5-9-26(32)10-6-25)27-11-15-29(16-12-27)39-22-31(35)33-20-19-24-7-13-28(38-2)14-8-24/h3-18H,19-22H2,1-2H3,(H,33,35). The SMILES string of the molecule is COc1ccc(CCNC(=O)COc2ccc(N(Cc3ccc(Cl)cc3)S(=O)(=O)c3ccc(C)cc3)cc2)cc1. The zero-order chi connectivity index (χ0) is 28.5. The minimum absolute atomic E-state index is 0.115. The molecule has 208 valence electrons. The van der Waals surface area contributed by atoms with Crippen molar-refractivity contribution in [2.75, 3.05) is 24.6 Å². The first-order chi connectivity index (χ1) is 19.2. The number of sulfonamides is 1. The van der Waals surface area contributed by atoms with Gasteiger partial charge >= 0.3 is 0 Å². The van der Waals surface area contributed by atoms with Crippen LogP contribution in [0, 0.1) is 6.92 Å². The van der Waals surface area contributed by atoms with Gasteiger partial charge in [-0.2, -0.15) is 0 Å². The van der Waals surface area contributed by atoms with Crippen molar-refractivity contribution in [3.63, 3.8) is 0 Å². The number of carbonyl (C=O) groups is 1. The molecule has 0 bridgehead atoms. The van der Waals surface area contributed by atoms with E-state index in [-0.39, 0.29) is 24.0 Å². The number of nitrogens with one attached hydrogen (secondary N) is 1. The summed E-state index contributed by atoms with van der Waals surface area (Å²) in [4.78, 5) is 12.5. The van der Waals surface area contributed by atoms with Crippen LogP contribution in [0.3, 0.4) is 0 Å². The van der Waals surface area contributed by atoms with Crippen molar-refractivity contribution >= 4 is 33.2 Å². The van der Waals surface area contributed by atoms with Gasteiger partial charge in [-0.3, -0.25) is 9.10 Å². The fourth-order valence-corrected chi connectivity index (χ4v) is 5.53. The van der Waals surface area contributed by atoms with E-state index < -0.39 is 10.0 Å². The fraction of sp³-hybridized carbons (Fsp3) is 0.194. The molecule has 0 saturated carbocycles. The number of carbonyl (C=O) groups excluding carboxylic acids is 1. The summed E-state index contributed by atoms with van der Waals surface area (Å²) in [5, 5.41) is 3.41. The normalized spacial score (nSPS) is 11.1. The fourth-order valence-electron chi connectivity index (χ4n) is 3.96. The summed E-state index contributed by atoms with van der Waals surface area (Å²) in [6, 6.07) is 28.1. The van der Waals surface area contributed by atoms with Crippen LogP contribution in [0.5, 0.6) is 11.5 Å². The molecule has 4 rings (SSSR count). The third-order valence-electron chi connectivity index (χ3n) is 6.24. The predicted molar refractivity (Wildman–Crippen MR) is 158 cm³/mol. The Morgan fingerprint density at radius 1 is 0.825 bits per heavy atom. The smallest absolute Gasteiger partial charge is 0.264 e. The highest BCUT2D eigenvalue weighted by Crippen LogP contribution is 2.28. The van der Waals surface area contributed by atoms with Crippen LogP contribution < -0.4 is 19.1 Å². The summed E-state index contributed by atoms with van der Waals surface area (Å²) in [6.07, 6.45) is 0.684. The molecular weight excluding hydrogens is 548 g/mol. The van der Waals surface area contributed by atoms with Gasteiger partial charge in [0.1, 0.15) is 11.5 Å². The van der Waals surface area contributed by atoms with E-state index in [2.05, 4.69) is 5.32 Å². The first kappa shape index (κ1) is 29.0. The van der Waals surface area contributed by atoms with E-state index in [1.54, 1.807) is 79.9 Å². The maximum Gasteiger partial charge on any atom is 0.264 e. The molecule has 7 nitrogen and oxygen atoms in total. The molecule has 0 radical (unpaired) electrons. The average Bonchev–Trinajstić information content (AvgIpc) is 2.96. The van der Waals surface area contributed by atoms with Gasteiger partial charge in [-0.15, -0.1) is 0 Å². The van der Waals surface area contributed by atoms with Gasteiger partial charge in [-0.25, -0.2) is 8.42 Å². The number of rotatable bonds is 12. The van der Waals surface area contributed by atoms with Crippen molar-refractivity contribution in [1.29, 1.82) is 0 Å². The zero-order valence-electron chi connectivity index (χ0n) is 22.3. The third-order valence-corrected chi connectivity index (χ3v) is 8.28. The van der Waals surface area contributed by atoms with Gasteiger partial charge < -0.3 is 14.8 Å². The van der Waals surface area contributed by atoms with Gasteiger partial charge in [-0.05, 0) is 85.1 Å². The van der Waals surface area contributed by atoms with E-state index >= 15 is 0 Å². The topological polar surface area (TPSA) is 84.9 Å². The second kappa shape index (κ2) is 13.4. The molecule has 4 aromatic carbocycles. The van der Waals surface area contributed by atoms with Gasteiger partial charge in [-0.1, -0.05) is 53.6 Å². The Morgan fingerprint density at radius 3 is 2.05 bits per heavy atom. The number of aryl methyl sites for hydroxylation is 1. The Morgan fingerprint density at radius 2 is 1.43 bits per heavy atom. The number of benzene rings is 4. The second-order valence-electron chi connectivity index (χ2n) is 9.18. The lowest BCUT2D eigenvalue weighted by atomic mass is 10.1. The molecule has 1 amide bonds. The van der Waals surface area contributed by atoms with E-state index in [0.29, 0.717) is 29.4 Å². The highest BCUT2D eigenvalue weighted by molar-refractivity contribution is 7.92. The summed E-state index contributed by atoms with van der Waals surface area (Å²) in [5.41, 5.74) is 3.30. The molecule has 0 aliphatic heterocycles. The monoisotopic (exact) mass is 578 g/mol. The number of methoxy groups -OCH3 is 1. The first-order valence-corrected chi connectivity index (χ1v) is 14.5. The summed E-state index contributed by atoms with van der Waals surface area (Å²) in [6.45, 7) is 2.34. The van der Waals surface area contributed by atoms with Crippen LogP contribution in [0.15, 0.2) is 102 Å². The van der Waals surface area contributed by atoms with E-state index in [1.165, 1.54) is 4.31 Å². The quantitative estimate of drug-likeness (QED) is 0.230. The van der Waals surface area contributed by atoms with Crippen molar-refractivity contribution in [3.05, 3.63) is 119 Å². The Kier molecular flexibility index (Phi) is 9.69. The minimum Gasteiger partial charge on any atom is -0.497 e. The van der Waals surface area contributed by atoms with Crippen molar-refractivity contribution in [1.82, 2.24) is 5.32 Å². The molecular formula is C31H31ClN2O5S. The van der Waals surface area contributed by atoms with Crippen LogP contribution in [0.25, 0.3) is 0 Å². The molecule has 0 aromatic heterocycles. The molecule has 0 unspecified atom stereocenters. The van der Waals surface area contributed by atoms with Gasteiger partial charge in [0.05, 0.1) is 24.2 Å². The van der Waals surface area contributed by atoms with E-state index in [9.17, 15) is 13.2 Å². The molecule has 4 aromatic rings. The highest BCUT2D eigenvalue weighted by Gasteiger charge is 2.25. The molecule has 0 aliphatic rings. The Hall–Kier alpha value is -4.01. The van der Waals surface area contributed by atoms with E-state index in [4.69, 9.17) is 21.1 Å². The number of hydrogen-bond acceptors (Lipinski definition) is 5. The van der Waals surface area contributed by atoms with Gasteiger partial charge in [0.15, 0.2) is 6.61 Å². The molecule has 0 atom stereocenters. The zero-order valence-corrected chi connectivity index (χ0v) is 23.9. The van der Waals surface area contributed by atoms with Crippen molar-refractivity contribution < 1.29 is 22.7 Å². The van der Waals surface area contributed by atoms with Crippen LogP contribution in [0.2, 0.25) is 5.02 Å². The highest BCUT2D eigenvalue weighted by atomic mass is 35.5. The summed E-state index contributed by atoms with van der Waals surface area (Å²) >= 11 is 6.02. The largest absolute Gasteiger partial charge is 0.497 e. The molecule has 0 spiro atoms. The van der Waals surface area contributed by atoms with Crippen molar-refractivity contribution in [2.45, 2.75) is 24.8 Å². The molecule has 0 fully saturated rings. The molecule has 1 N–H and O–H groups in total. The van der Waals surface area contributed by atoms with Crippen LogP contribution in [-0.2, 0) is 27.8 Å². The summed E-state index contributed by atoms with van der Waals surface area (Å²) < 4.78 is 39.5. The number of halogens is 1. The number of nitrogens with zero attached hydrogens (tertiary/aromatic N) is 1. The third kappa shape index (κ3) is 7.77. The van der Waals surface area contributed by atoms with Gasteiger partial charge in [0, 0.05) is 11.6 Å². The van der Waals surface area contributed by atoms with Gasteiger partial charge in [0.25, 0.3) is 15.9 Å². The van der Waals surface area contributed by atoms with Gasteiger partial charge in [0.2, 0.25) is 0 Å². The van der Waals surface area contributed by atoms with Crippen LogP contribution in [0.1, 0.15) is 16.7 Å². The molecule has 9 heteroatoms. The molecule has 0 aliphatic carbocycles. The van der Waals surface area contributed by atoms with E-state index in [0.717, 1.165) is 22.4 Å². The average molecular weight is 579 g/mol. The number of amides is 1.